The summed E-state index contributed by atoms with van der Waals surface area (Å²) in [6.45, 7) is 5.79. The first-order valence-electron chi connectivity index (χ1n) is 5.74. The number of amides is 2. The minimum atomic E-state index is -0.516. The molecule has 0 unspecified atom stereocenters. The van der Waals surface area contributed by atoms with Crippen LogP contribution >= 0.6 is 11.3 Å². The molecule has 2 amide bonds. The summed E-state index contributed by atoms with van der Waals surface area (Å²) in [6.07, 6.45) is 0.0610. The molecule has 0 saturated carbocycles. The SMILES string of the molecule is CC(C)(C)OC(=O)NCCc1nc(C(=O)NN)cs1. The number of nitrogen functional groups attached to an aromatic ring is 1. The molecule has 1 heterocycles. The van der Waals surface area contributed by atoms with Crippen molar-refractivity contribution in [3.05, 3.63) is 16.1 Å². The summed E-state index contributed by atoms with van der Waals surface area (Å²) in [4.78, 5) is 26.6. The van der Waals surface area contributed by atoms with Crippen LogP contribution in [0.25, 0.3) is 0 Å². The fourth-order valence-electron chi connectivity index (χ4n) is 1.19. The molecule has 0 aliphatic rings. The molecule has 1 aromatic rings. The minimum absolute atomic E-state index is 0.278. The first-order valence-corrected chi connectivity index (χ1v) is 6.62. The third-order valence-electron chi connectivity index (χ3n) is 1.92. The molecule has 0 aliphatic carbocycles. The third kappa shape index (κ3) is 5.66. The molecule has 106 valence electrons. The molecule has 0 fully saturated rings. The molecule has 0 bridgehead atoms. The summed E-state index contributed by atoms with van der Waals surface area (Å²) in [6, 6.07) is 0. The molecule has 1 rings (SSSR count). The minimum Gasteiger partial charge on any atom is -0.444 e. The summed E-state index contributed by atoms with van der Waals surface area (Å²) in [5.74, 6) is 4.58. The fourth-order valence-corrected chi connectivity index (χ4v) is 1.97. The number of alkyl carbamates (subject to hydrolysis) is 1. The van der Waals surface area contributed by atoms with Crippen molar-refractivity contribution in [1.82, 2.24) is 15.7 Å². The Labute approximate surface area is 115 Å². The van der Waals surface area contributed by atoms with Gasteiger partial charge in [0.05, 0.1) is 5.01 Å². The zero-order valence-corrected chi connectivity index (χ0v) is 12.0. The molecular weight excluding hydrogens is 268 g/mol. The lowest BCUT2D eigenvalue weighted by Crippen LogP contribution is -2.33. The Kier molecular flexibility index (Phi) is 5.25. The van der Waals surface area contributed by atoms with Crippen LogP contribution in [0.15, 0.2) is 5.38 Å². The van der Waals surface area contributed by atoms with E-state index in [2.05, 4.69) is 10.3 Å². The van der Waals surface area contributed by atoms with E-state index in [4.69, 9.17) is 10.6 Å². The van der Waals surface area contributed by atoms with Crippen molar-refractivity contribution in [2.45, 2.75) is 32.8 Å². The average molecular weight is 286 g/mol. The average Bonchev–Trinajstić information content (AvgIpc) is 2.74. The van der Waals surface area contributed by atoms with Gasteiger partial charge in [-0.05, 0) is 20.8 Å². The van der Waals surface area contributed by atoms with Gasteiger partial charge in [0.25, 0.3) is 5.91 Å². The molecule has 0 saturated heterocycles. The summed E-state index contributed by atoms with van der Waals surface area (Å²) in [5, 5.41) is 4.98. The van der Waals surface area contributed by atoms with Crippen molar-refractivity contribution < 1.29 is 14.3 Å². The number of nitrogens with two attached hydrogens (primary N) is 1. The Morgan fingerprint density at radius 3 is 2.74 bits per heavy atom. The van der Waals surface area contributed by atoms with E-state index in [0.29, 0.717) is 13.0 Å². The quantitative estimate of drug-likeness (QED) is 0.431. The van der Waals surface area contributed by atoms with Crippen LogP contribution in [0.1, 0.15) is 36.3 Å². The summed E-state index contributed by atoms with van der Waals surface area (Å²) in [5.41, 5.74) is 1.77. The van der Waals surface area contributed by atoms with E-state index in [9.17, 15) is 9.59 Å². The topological polar surface area (TPSA) is 106 Å². The molecule has 0 aromatic carbocycles. The second-order valence-corrected chi connectivity index (χ2v) is 5.72. The number of thiazole rings is 1. The van der Waals surface area contributed by atoms with Crippen LogP contribution in [0, 0.1) is 0 Å². The Balaban J connectivity index is 2.35. The van der Waals surface area contributed by atoms with E-state index >= 15 is 0 Å². The highest BCUT2D eigenvalue weighted by atomic mass is 32.1. The lowest BCUT2D eigenvalue weighted by atomic mass is 10.2. The maximum Gasteiger partial charge on any atom is 0.407 e. The number of hydrazine groups is 1. The molecule has 7 nitrogen and oxygen atoms in total. The normalized spacial score (nSPS) is 10.9. The number of nitrogens with zero attached hydrogens (tertiary/aromatic N) is 1. The molecule has 8 heteroatoms. The smallest absolute Gasteiger partial charge is 0.407 e. The number of hydrogen-bond donors (Lipinski definition) is 3. The highest BCUT2D eigenvalue weighted by Gasteiger charge is 2.15. The Morgan fingerprint density at radius 1 is 1.47 bits per heavy atom. The maximum atomic E-state index is 11.4. The molecule has 19 heavy (non-hydrogen) atoms. The van der Waals surface area contributed by atoms with Gasteiger partial charge >= 0.3 is 6.09 Å². The predicted octanol–water partition coefficient (Wildman–Crippen LogP) is 0.814. The zero-order chi connectivity index (χ0) is 14.5. The molecular formula is C11H18N4O3S. The maximum absolute atomic E-state index is 11.4. The largest absolute Gasteiger partial charge is 0.444 e. The van der Waals surface area contributed by atoms with E-state index in [0.717, 1.165) is 5.01 Å². The highest BCUT2D eigenvalue weighted by molar-refractivity contribution is 7.09. The lowest BCUT2D eigenvalue weighted by molar-refractivity contribution is 0.0528. The first-order chi connectivity index (χ1) is 8.81. The van der Waals surface area contributed by atoms with Crippen molar-refractivity contribution in [2.24, 2.45) is 5.84 Å². The van der Waals surface area contributed by atoms with Crippen molar-refractivity contribution in [1.29, 1.82) is 0 Å². The molecule has 0 atom stereocenters. The van der Waals surface area contributed by atoms with Gasteiger partial charge in [-0.15, -0.1) is 11.3 Å². The van der Waals surface area contributed by atoms with Crippen LogP contribution in [-0.2, 0) is 11.2 Å². The van der Waals surface area contributed by atoms with Crippen molar-refractivity contribution in [3.63, 3.8) is 0 Å². The van der Waals surface area contributed by atoms with Crippen molar-refractivity contribution >= 4 is 23.3 Å². The monoisotopic (exact) mass is 286 g/mol. The van der Waals surface area contributed by atoms with Gasteiger partial charge < -0.3 is 10.1 Å². The third-order valence-corrected chi connectivity index (χ3v) is 2.83. The first kappa shape index (κ1) is 15.4. The van der Waals surface area contributed by atoms with E-state index in [1.807, 2.05) is 5.43 Å². The van der Waals surface area contributed by atoms with Gasteiger partial charge in [-0.25, -0.2) is 15.6 Å². The molecule has 1 aromatic heterocycles. The second kappa shape index (κ2) is 6.48. The number of ether oxygens (including phenoxy) is 1. The lowest BCUT2D eigenvalue weighted by Gasteiger charge is -2.19. The van der Waals surface area contributed by atoms with Crippen LogP contribution in [0.2, 0.25) is 0 Å². The summed E-state index contributed by atoms with van der Waals surface area (Å²) in [7, 11) is 0. The Bertz CT molecular complexity index is 453. The van der Waals surface area contributed by atoms with Crippen LogP contribution in [0.4, 0.5) is 4.79 Å². The Morgan fingerprint density at radius 2 is 2.16 bits per heavy atom. The van der Waals surface area contributed by atoms with Gasteiger partial charge in [-0.1, -0.05) is 0 Å². The van der Waals surface area contributed by atoms with E-state index in [1.165, 1.54) is 11.3 Å². The van der Waals surface area contributed by atoms with Crippen molar-refractivity contribution in [2.75, 3.05) is 6.54 Å². The predicted molar refractivity (Wildman–Crippen MR) is 71.7 cm³/mol. The second-order valence-electron chi connectivity index (χ2n) is 4.78. The number of rotatable bonds is 4. The van der Waals surface area contributed by atoms with Gasteiger partial charge in [0.15, 0.2) is 0 Å². The van der Waals surface area contributed by atoms with E-state index in [1.54, 1.807) is 26.2 Å². The summed E-state index contributed by atoms with van der Waals surface area (Å²) < 4.78 is 5.09. The Hall–Kier alpha value is -1.67. The van der Waals surface area contributed by atoms with E-state index in [-0.39, 0.29) is 5.69 Å². The molecule has 0 radical (unpaired) electrons. The standard InChI is InChI=1S/C11H18N4O3S/c1-11(2,3)18-10(17)13-5-4-8-14-7(6-19-8)9(16)15-12/h6H,4-5,12H2,1-3H3,(H,13,17)(H,15,16). The van der Waals surface area contributed by atoms with Gasteiger partial charge in [-0.3, -0.25) is 10.2 Å². The van der Waals surface area contributed by atoms with Crippen LogP contribution in [-0.4, -0.2) is 29.1 Å². The summed E-state index contributed by atoms with van der Waals surface area (Å²) >= 11 is 1.34. The fraction of sp³-hybridized carbons (Fsp3) is 0.545. The van der Waals surface area contributed by atoms with Gasteiger partial charge in [-0.2, -0.15) is 0 Å². The number of carbonyl (C=O) groups excluding carboxylic acids is 2. The van der Waals surface area contributed by atoms with Gasteiger partial charge in [0.2, 0.25) is 0 Å². The van der Waals surface area contributed by atoms with Crippen molar-refractivity contribution in [3.8, 4) is 0 Å². The number of hydrogen-bond acceptors (Lipinski definition) is 6. The molecule has 0 aliphatic heterocycles. The molecule has 4 N–H and O–H groups in total. The van der Waals surface area contributed by atoms with Gasteiger partial charge in [0.1, 0.15) is 11.3 Å². The van der Waals surface area contributed by atoms with E-state index < -0.39 is 17.6 Å². The number of carbonyl (C=O) groups is 2. The van der Waals surface area contributed by atoms with Crippen LogP contribution in [0.5, 0.6) is 0 Å². The highest BCUT2D eigenvalue weighted by Crippen LogP contribution is 2.10. The number of aromatic nitrogens is 1. The van der Waals surface area contributed by atoms with Crippen LogP contribution in [0.3, 0.4) is 0 Å². The zero-order valence-electron chi connectivity index (χ0n) is 11.1. The van der Waals surface area contributed by atoms with Crippen LogP contribution < -0.4 is 16.6 Å². The van der Waals surface area contributed by atoms with Gasteiger partial charge in [0, 0.05) is 18.3 Å². The molecule has 0 spiro atoms. The number of nitrogens with one attached hydrogen (secondary N) is 2.